The van der Waals surface area contributed by atoms with Gasteiger partial charge in [0, 0.05) is 6.42 Å². The Labute approximate surface area is 179 Å². The molecule has 3 atom stereocenters. The third-order valence-corrected chi connectivity index (χ3v) is 5.63. The summed E-state index contributed by atoms with van der Waals surface area (Å²) >= 11 is 0. The molecule has 0 bridgehead atoms. The Kier molecular flexibility index (Phi) is 7.43. The van der Waals surface area contributed by atoms with E-state index in [-0.39, 0.29) is 18.8 Å². The Hall–Kier alpha value is -1.22. The molecule has 2 heterocycles. The van der Waals surface area contributed by atoms with E-state index in [0.29, 0.717) is 26.2 Å². The number of rotatable bonds is 10. The van der Waals surface area contributed by atoms with Crippen LogP contribution in [-0.4, -0.2) is 61.9 Å². The Morgan fingerprint density at radius 3 is 2.37 bits per heavy atom. The van der Waals surface area contributed by atoms with Crippen LogP contribution in [-0.2, 0) is 23.7 Å². The average Bonchev–Trinajstić information content (AvgIpc) is 3.27. The van der Waals surface area contributed by atoms with Crippen LogP contribution in [0.4, 0.5) is 0 Å². The van der Waals surface area contributed by atoms with Gasteiger partial charge in [-0.25, -0.2) is 0 Å². The van der Waals surface area contributed by atoms with Gasteiger partial charge >= 0.3 is 0 Å². The predicted molar refractivity (Wildman–Crippen MR) is 111 cm³/mol. The highest BCUT2D eigenvalue weighted by Crippen LogP contribution is 2.35. The maximum absolute atomic E-state index is 10.9. The van der Waals surface area contributed by atoms with Crippen LogP contribution in [0.2, 0.25) is 0 Å². The van der Waals surface area contributed by atoms with Gasteiger partial charge in [0.05, 0.1) is 39.1 Å². The second-order valence-corrected chi connectivity index (χ2v) is 9.05. The first kappa shape index (κ1) is 23.4. The summed E-state index contributed by atoms with van der Waals surface area (Å²) in [5.74, 6) is -0.417. The molecule has 2 fully saturated rings. The molecule has 7 heteroatoms. The summed E-state index contributed by atoms with van der Waals surface area (Å²) < 4.78 is 34.6. The minimum absolute atomic E-state index is 0.183. The van der Waals surface area contributed by atoms with E-state index in [4.69, 9.17) is 28.4 Å². The molecule has 0 amide bonds. The first-order valence-corrected chi connectivity index (χ1v) is 10.7. The van der Waals surface area contributed by atoms with Crippen molar-refractivity contribution in [3.05, 3.63) is 29.8 Å². The smallest absolute Gasteiger partial charge is 0.165 e. The second kappa shape index (κ2) is 9.51. The van der Waals surface area contributed by atoms with Gasteiger partial charge in [-0.2, -0.15) is 0 Å². The van der Waals surface area contributed by atoms with Gasteiger partial charge in [0.1, 0.15) is 18.0 Å². The fraction of sp³-hybridized carbons (Fsp3) is 0.739. The lowest BCUT2D eigenvalue weighted by molar-refractivity contribution is -0.166. The van der Waals surface area contributed by atoms with Crippen molar-refractivity contribution in [2.24, 2.45) is 0 Å². The molecule has 0 spiro atoms. The molecule has 170 valence electrons. The number of aliphatic hydroxyl groups is 1. The van der Waals surface area contributed by atoms with E-state index < -0.39 is 17.2 Å². The summed E-state index contributed by atoms with van der Waals surface area (Å²) in [4.78, 5) is 0. The Morgan fingerprint density at radius 2 is 1.80 bits per heavy atom. The third-order valence-electron chi connectivity index (χ3n) is 5.63. The van der Waals surface area contributed by atoms with E-state index in [2.05, 4.69) is 0 Å². The lowest BCUT2D eigenvalue weighted by Crippen LogP contribution is -2.35. The predicted octanol–water partition coefficient (Wildman–Crippen LogP) is 3.59. The molecule has 0 unspecified atom stereocenters. The van der Waals surface area contributed by atoms with Crippen LogP contribution in [0.3, 0.4) is 0 Å². The molecule has 0 aliphatic carbocycles. The first-order valence-electron chi connectivity index (χ1n) is 10.7. The van der Waals surface area contributed by atoms with Crippen LogP contribution in [0.1, 0.15) is 58.6 Å². The molecular weight excluding hydrogens is 388 g/mol. The quantitative estimate of drug-likeness (QED) is 0.615. The third kappa shape index (κ3) is 6.39. The standard InChI is InChI=1S/C23H36O7/c1-21(2)29-15-19(30-21)20(17-7-9-18(25-5)10-8-17)26-16-22(3,24)11-6-12-23(4)27-13-14-28-23/h7-10,19-20,24H,6,11-16H2,1-5H3/t19-,20-,22+/m1/s1. The average molecular weight is 425 g/mol. The molecule has 1 N–H and O–H groups in total. The SMILES string of the molecule is COc1ccc([C@@H](OC[C@@](C)(O)CCCC2(C)OCCO2)[C@H]2COC(C)(C)O2)cc1. The van der Waals surface area contributed by atoms with E-state index in [9.17, 15) is 5.11 Å². The van der Waals surface area contributed by atoms with Crippen LogP contribution in [0.25, 0.3) is 0 Å². The van der Waals surface area contributed by atoms with Gasteiger partial charge in [0.15, 0.2) is 11.6 Å². The number of hydrogen-bond acceptors (Lipinski definition) is 7. The van der Waals surface area contributed by atoms with E-state index >= 15 is 0 Å². The zero-order chi connectivity index (χ0) is 21.8. The van der Waals surface area contributed by atoms with Gasteiger partial charge in [-0.1, -0.05) is 12.1 Å². The van der Waals surface area contributed by atoms with Gasteiger partial charge < -0.3 is 33.5 Å². The molecule has 2 aliphatic heterocycles. The Morgan fingerprint density at radius 1 is 1.13 bits per heavy atom. The monoisotopic (exact) mass is 424 g/mol. The number of hydrogen-bond donors (Lipinski definition) is 1. The van der Waals surface area contributed by atoms with Crippen molar-refractivity contribution in [3.63, 3.8) is 0 Å². The fourth-order valence-electron chi connectivity index (χ4n) is 3.91. The number of methoxy groups -OCH3 is 1. The molecule has 0 radical (unpaired) electrons. The molecule has 2 saturated heterocycles. The molecule has 1 aromatic carbocycles. The summed E-state index contributed by atoms with van der Waals surface area (Å²) in [6.07, 6.45) is 1.47. The minimum Gasteiger partial charge on any atom is -0.497 e. The molecule has 0 saturated carbocycles. The van der Waals surface area contributed by atoms with Crippen molar-refractivity contribution >= 4 is 0 Å². The summed E-state index contributed by atoms with van der Waals surface area (Å²) in [5.41, 5.74) is -0.0209. The maximum atomic E-state index is 10.9. The molecule has 30 heavy (non-hydrogen) atoms. The van der Waals surface area contributed by atoms with Crippen LogP contribution >= 0.6 is 0 Å². The highest BCUT2D eigenvalue weighted by molar-refractivity contribution is 5.29. The lowest BCUT2D eigenvalue weighted by Gasteiger charge is -2.30. The Bertz CT molecular complexity index is 665. The summed E-state index contributed by atoms with van der Waals surface area (Å²) in [6.45, 7) is 9.39. The van der Waals surface area contributed by atoms with Gasteiger partial charge in [-0.05, 0) is 58.2 Å². The normalized spacial score (nSPS) is 25.7. The molecule has 2 aliphatic rings. The second-order valence-electron chi connectivity index (χ2n) is 9.05. The molecule has 1 aromatic rings. The number of benzene rings is 1. The van der Waals surface area contributed by atoms with Gasteiger partial charge in [0.2, 0.25) is 0 Å². The zero-order valence-corrected chi connectivity index (χ0v) is 18.8. The van der Waals surface area contributed by atoms with E-state index in [1.54, 1.807) is 14.0 Å². The van der Waals surface area contributed by atoms with Crippen LogP contribution < -0.4 is 4.74 Å². The zero-order valence-electron chi connectivity index (χ0n) is 18.8. The summed E-state index contributed by atoms with van der Waals surface area (Å²) in [6, 6.07) is 7.71. The van der Waals surface area contributed by atoms with Crippen LogP contribution in [0.15, 0.2) is 24.3 Å². The van der Waals surface area contributed by atoms with Crippen molar-refractivity contribution in [2.75, 3.05) is 33.5 Å². The maximum Gasteiger partial charge on any atom is 0.165 e. The van der Waals surface area contributed by atoms with Gasteiger partial charge in [0.25, 0.3) is 0 Å². The molecule has 3 rings (SSSR count). The van der Waals surface area contributed by atoms with Gasteiger partial charge in [-0.3, -0.25) is 0 Å². The van der Waals surface area contributed by atoms with E-state index in [1.807, 2.05) is 45.0 Å². The minimum atomic E-state index is -0.978. The largest absolute Gasteiger partial charge is 0.497 e. The van der Waals surface area contributed by atoms with E-state index in [0.717, 1.165) is 24.2 Å². The topological polar surface area (TPSA) is 75.6 Å². The van der Waals surface area contributed by atoms with Gasteiger partial charge in [-0.15, -0.1) is 0 Å². The van der Waals surface area contributed by atoms with E-state index in [1.165, 1.54) is 0 Å². The molecular formula is C23H36O7. The highest BCUT2D eigenvalue weighted by Gasteiger charge is 2.39. The number of ether oxygens (including phenoxy) is 6. The summed E-state index contributed by atoms with van der Waals surface area (Å²) in [5, 5.41) is 10.9. The molecule has 7 nitrogen and oxygen atoms in total. The van der Waals surface area contributed by atoms with Crippen molar-refractivity contribution in [1.29, 1.82) is 0 Å². The fourth-order valence-corrected chi connectivity index (χ4v) is 3.91. The Balaban J connectivity index is 1.60. The van der Waals surface area contributed by atoms with Crippen LogP contribution in [0.5, 0.6) is 5.75 Å². The first-order chi connectivity index (χ1) is 14.1. The molecule has 0 aromatic heterocycles. The van der Waals surface area contributed by atoms with Crippen molar-refractivity contribution in [3.8, 4) is 5.75 Å². The lowest BCUT2D eigenvalue weighted by atomic mass is 9.97. The van der Waals surface area contributed by atoms with Crippen molar-refractivity contribution < 1.29 is 33.5 Å². The summed E-state index contributed by atoms with van der Waals surface area (Å²) in [7, 11) is 1.64. The highest BCUT2D eigenvalue weighted by atomic mass is 16.8. The van der Waals surface area contributed by atoms with Crippen molar-refractivity contribution in [2.45, 2.75) is 76.3 Å². The van der Waals surface area contributed by atoms with Crippen molar-refractivity contribution in [1.82, 2.24) is 0 Å². The van der Waals surface area contributed by atoms with Crippen LogP contribution in [0, 0.1) is 0 Å².